The lowest BCUT2D eigenvalue weighted by atomic mass is 9.89. The summed E-state index contributed by atoms with van der Waals surface area (Å²) in [6.07, 6.45) is 1.74. The fourth-order valence-electron chi connectivity index (χ4n) is 3.68. The predicted molar refractivity (Wildman–Crippen MR) is 96.6 cm³/mol. The Morgan fingerprint density at radius 1 is 1.04 bits per heavy atom. The number of carbonyl (C=O) groups is 2. The Hall–Kier alpha value is -3.15. The first-order chi connectivity index (χ1) is 12.6. The lowest BCUT2D eigenvalue weighted by molar-refractivity contribution is -0.141. The number of aromatic nitrogens is 2. The molecule has 4 rings (SSSR count). The van der Waals surface area contributed by atoms with Crippen molar-refractivity contribution in [2.45, 2.75) is 12.5 Å². The summed E-state index contributed by atoms with van der Waals surface area (Å²) in [5.74, 6) is -1.75. The predicted octanol–water partition coefficient (Wildman–Crippen LogP) is 2.36. The second-order valence-electron chi connectivity index (χ2n) is 6.62. The molecule has 1 aromatic heterocycles. The molecule has 1 amide bonds. The second kappa shape index (κ2) is 6.63. The highest BCUT2D eigenvalue weighted by molar-refractivity contribution is 5.83. The Morgan fingerprint density at radius 2 is 1.77 bits per heavy atom. The summed E-state index contributed by atoms with van der Waals surface area (Å²) >= 11 is 0. The van der Waals surface area contributed by atoms with Crippen LogP contribution in [0.3, 0.4) is 0 Å². The van der Waals surface area contributed by atoms with E-state index >= 15 is 0 Å². The Kier molecular flexibility index (Phi) is 4.16. The van der Waals surface area contributed by atoms with Crippen LogP contribution in [0, 0.1) is 5.92 Å². The molecule has 2 heterocycles. The van der Waals surface area contributed by atoms with E-state index in [-0.39, 0.29) is 24.9 Å². The van der Waals surface area contributed by atoms with Crippen LogP contribution in [0.4, 0.5) is 0 Å². The third kappa shape index (κ3) is 2.94. The van der Waals surface area contributed by atoms with E-state index in [2.05, 4.69) is 5.10 Å². The number of carboxylic acid groups (broad SMARTS) is 1. The van der Waals surface area contributed by atoms with Crippen LogP contribution >= 0.6 is 0 Å². The minimum atomic E-state index is -0.862. The van der Waals surface area contributed by atoms with Gasteiger partial charge in [-0.15, -0.1) is 0 Å². The minimum Gasteiger partial charge on any atom is -0.481 e. The highest BCUT2D eigenvalue weighted by Crippen LogP contribution is 2.33. The number of hydrogen-bond acceptors (Lipinski definition) is 3. The van der Waals surface area contributed by atoms with Crippen LogP contribution in [-0.2, 0) is 16.1 Å². The summed E-state index contributed by atoms with van der Waals surface area (Å²) in [5, 5.41) is 14.9. The Bertz CT molecular complexity index is 951. The van der Waals surface area contributed by atoms with Gasteiger partial charge in [-0.1, -0.05) is 48.5 Å². The summed E-state index contributed by atoms with van der Waals surface area (Å²) < 4.78 is 1.67. The quantitative estimate of drug-likeness (QED) is 0.785. The number of hydrogen-bond donors (Lipinski definition) is 1. The molecule has 1 aliphatic heterocycles. The molecule has 2 unspecified atom stereocenters. The molecule has 26 heavy (non-hydrogen) atoms. The monoisotopic (exact) mass is 349 g/mol. The molecule has 0 bridgehead atoms. The van der Waals surface area contributed by atoms with Crippen molar-refractivity contribution in [2.24, 2.45) is 5.92 Å². The van der Waals surface area contributed by atoms with Gasteiger partial charge in [0.15, 0.2) is 0 Å². The second-order valence-corrected chi connectivity index (χ2v) is 6.62. The van der Waals surface area contributed by atoms with Crippen molar-refractivity contribution >= 4 is 22.8 Å². The molecule has 1 saturated heterocycles. The zero-order valence-electron chi connectivity index (χ0n) is 14.2. The van der Waals surface area contributed by atoms with E-state index < -0.39 is 11.9 Å². The maximum atomic E-state index is 12.8. The molecule has 0 spiro atoms. The van der Waals surface area contributed by atoms with Crippen molar-refractivity contribution in [3.8, 4) is 0 Å². The number of amides is 1. The lowest BCUT2D eigenvalue weighted by Gasteiger charge is -2.17. The van der Waals surface area contributed by atoms with E-state index in [9.17, 15) is 14.7 Å². The molecule has 6 nitrogen and oxygen atoms in total. The zero-order valence-corrected chi connectivity index (χ0v) is 14.2. The van der Waals surface area contributed by atoms with Gasteiger partial charge in [-0.25, -0.2) is 0 Å². The number of carbonyl (C=O) groups excluding carboxylic acids is 1. The van der Waals surface area contributed by atoms with Gasteiger partial charge in [0, 0.05) is 24.4 Å². The Balaban J connectivity index is 1.54. The number of rotatable bonds is 4. The van der Waals surface area contributed by atoms with E-state index in [0.717, 1.165) is 16.5 Å². The molecule has 3 aromatic rings. The number of aliphatic carboxylic acids is 1. The van der Waals surface area contributed by atoms with Gasteiger partial charge in [0.1, 0.15) is 6.54 Å². The summed E-state index contributed by atoms with van der Waals surface area (Å²) in [6, 6.07) is 17.3. The molecule has 0 radical (unpaired) electrons. The number of likely N-dealkylation sites (tertiary alicyclic amines) is 1. The number of benzene rings is 2. The summed E-state index contributed by atoms with van der Waals surface area (Å²) in [4.78, 5) is 26.1. The van der Waals surface area contributed by atoms with E-state index in [1.807, 2.05) is 54.6 Å². The molecular weight excluding hydrogens is 330 g/mol. The number of para-hydroxylation sites is 1. The molecule has 6 heteroatoms. The Labute approximate surface area is 150 Å². The number of carboxylic acids is 1. The smallest absolute Gasteiger partial charge is 0.308 e. The molecule has 1 fully saturated rings. The Morgan fingerprint density at radius 3 is 2.54 bits per heavy atom. The van der Waals surface area contributed by atoms with Crippen molar-refractivity contribution in [1.82, 2.24) is 14.7 Å². The zero-order chi connectivity index (χ0) is 18.1. The van der Waals surface area contributed by atoms with Gasteiger partial charge in [0.25, 0.3) is 0 Å². The van der Waals surface area contributed by atoms with Crippen LogP contribution in [0.25, 0.3) is 10.9 Å². The van der Waals surface area contributed by atoms with Gasteiger partial charge in [0.2, 0.25) is 5.91 Å². The normalized spacial score (nSPS) is 19.8. The first kappa shape index (κ1) is 16.3. The average Bonchev–Trinajstić information content (AvgIpc) is 3.28. The highest BCUT2D eigenvalue weighted by atomic mass is 16.4. The summed E-state index contributed by atoms with van der Waals surface area (Å²) in [7, 11) is 0. The first-order valence-electron chi connectivity index (χ1n) is 8.59. The van der Waals surface area contributed by atoms with Gasteiger partial charge in [-0.05, 0) is 11.6 Å². The molecule has 0 saturated carbocycles. The van der Waals surface area contributed by atoms with Crippen molar-refractivity contribution in [2.75, 3.05) is 13.1 Å². The van der Waals surface area contributed by atoms with Gasteiger partial charge in [0.05, 0.1) is 17.6 Å². The van der Waals surface area contributed by atoms with Crippen LogP contribution in [0.5, 0.6) is 0 Å². The van der Waals surface area contributed by atoms with Crippen LogP contribution in [0.2, 0.25) is 0 Å². The molecule has 0 aliphatic carbocycles. The highest BCUT2D eigenvalue weighted by Gasteiger charge is 2.40. The van der Waals surface area contributed by atoms with Crippen molar-refractivity contribution in [3.05, 3.63) is 66.4 Å². The minimum absolute atomic E-state index is 0.108. The van der Waals surface area contributed by atoms with Gasteiger partial charge in [-0.3, -0.25) is 14.3 Å². The maximum Gasteiger partial charge on any atom is 0.308 e. The standard InChI is InChI=1S/C20H19N3O3/c24-19(13-23-18-9-5-4-8-15(18)10-21-23)22-11-16(17(12-22)20(25)26)14-6-2-1-3-7-14/h1-10,16-17H,11-13H2,(H,25,26). The van der Waals surface area contributed by atoms with Crippen LogP contribution in [-0.4, -0.2) is 44.8 Å². The van der Waals surface area contributed by atoms with Crippen LogP contribution in [0.1, 0.15) is 11.5 Å². The molecule has 132 valence electrons. The van der Waals surface area contributed by atoms with Crippen molar-refractivity contribution in [3.63, 3.8) is 0 Å². The third-order valence-electron chi connectivity index (χ3n) is 5.05. The van der Waals surface area contributed by atoms with E-state index in [1.54, 1.807) is 15.8 Å². The lowest BCUT2D eigenvalue weighted by Crippen LogP contribution is -2.33. The SMILES string of the molecule is O=C(O)C1CN(C(=O)Cn2ncc3ccccc32)CC1c1ccccc1. The van der Waals surface area contributed by atoms with Crippen LogP contribution in [0.15, 0.2) is 60.8 Å². The average molecular weight is 349 g/mol. The van der Waals surface area contributed by atoms with Crippen LogP contribution < -0.4 is 0 Å². The van der Waals surface area contributed by atoms with Crippen molar-refractivity contribution < 1.29 is 14.7 Å². The summed E-state index contributed by atoms with van der Waals surface area (Å²) in [6.45, 7) is 0.757. The van der Waals surface area contributed by atoms with Gasteiger partial charge in [-0.2, -0.15) is 5.10 Å². The molecule has 1 aliphatic rings. The summed E-state index contributed by atoms with van der Waals surface area (Å²) in [5.41, 5.74) is 1.86. The van der Waals surface area contributed by atoms with E-state index in [4.69, 9.17) is 0 Å². The van der Waals surface area contributed by atoms with E-state index in [1.165, 1.54) is 0 Å². The van der Waals surface area contributed by atoms with Gasteiger partial charge < -0.3 is 10.0 Å². The first-order valence-corrected chi connectivity index (χ1v) is 8.59. The molecule has 1 N–H and O–H groups in total. The number of nitrogens with zero attached hydrogens (tertiary/aromatic N) is 3. The molecular formula is C20H19N3O3. The van der Waals surface area contributed by atoms with Gasteiger partial charge >= 0.3 is 5.97 Å². The fourth-order valence-corrected chi connectivity index (χ4v) is 3.68. The van der Waals surface area contributed by atoms with Crippen molar-refractivity contribution in [1.29, 1.82) is 0 Å². The maximum absolute atomic E-state index is 12.8. The number of fused-ring (bicyclic) bond motifs is 1. The topological polar surface area (TPSA) is 75.4 Å². The largest absolute Gasteiger partial charge is 0.481 e. The third-order valence-corrected chi connectivity index (χ3v) is 5.05. The molecule has 2 aromatic carbocycles. The fraction of sp³-hybridized carbons (Fsp3) is 0.250. The van der Waals surface area contributed by atoms with E-state index in [0.29, 0.717) is 6.54 Å². The molecule has 2 atom stereocenters.